The largest absolute Gasteiger partial charge is 0.382 e. The standard InChI is InChI=1S/C10H13FN2/c11-10-5-9(13-8-3-4-8)2-1-7(10)6-12/h1-2,5,8,13H,3-4,6,12H2. The Morgan fingerprint density at radius 2 is 2.23 bits per heavy atom. The van der Waals surface area contributed by atoms with Crippen molar-refractivity contribution in [1.82, 2.24) is 0 Å². The van der Waals surface area contributed by atoms with E-state index in [1.165, 1.54) is 18.9 Å². The minimum Gasteiger partial charge on any atom is -0.382 e. The quantitative estimate of drug-likeness (QED) is 0.745. The molecule has 0 bridgehead atoms. The maximum Gasteiger partial charge on any atom is 0.129 e. The van der Waals surface area contributed by atoms with E-state index in [0.29, 0.717) is 11.6 Å². The summed E-state index contributed by atoms with van der Waals surface area (Å²) < 4.78 is 13.2. The molecule has 0 atom stereocenters. The number of benzene rings is 1. The van der Waals surface area contributed by atoms with Gasteiger partial charge in [-0.2, -0.15) is 0 Å². The molecule has 0 saturated heterocycles. The van der Waals surface area contributed by atoms with Gasteiger partial charge < -0.3 is 11.1 Å². The molecule has 0 amide bonds. The number of halogens is 1. The number of anilines is 1. The number of nitrogens with two attached hydrogens (primary N) is 1. The second-order valence-electron chi connectivity index (χ2n) is 3.43. The molecular weight excluding hydrogens is 167 g/mol. The fraction of sp³-hybridized carbons (Fsp3) is 0.400. The van der Waals surface area contributed by atoms with Gasteiger partial charge in [-0.15, -0.1) is 0 Å². The van der Waals surface area contributed by atoms with E-state index in [-0.39, 0.29) is 12.4 Å². The van der Waals surface area contributed by atoms with E-state index >= 15 is 0 Å². The SMILES string of the molecule is NCc1ccc(NC2CC2)cc1F. The fourth-order valence-corrected chi connectivity index (χ4v) is 1.27. The van der Waals surface area contributed by atoms with Gasteiger partial charge in [-0.25, -0.2) is 4.39 Å². The zero-order chi connectivity index (χ0) is 9.26. The Bertz CT molecular complexity index is 308. The molecule has 1 aliphatic rings. The predicted molar refractivity (Wildman–Crippen MR) is 50.9 cm³/mol. The summed E-state index contributed by atoms with van der Waals surface area (Å²) in [7, 11) is 0. The predicted octanol–water partition coefficient (Wildman–Crippen LogP) is 1.86. The first-order valence-electron chi connectivity index (χ1n) is 4.54. The van der Waals surface area contributed by atoms with Crippen molar-refractivity contribution in [3.05, 3.63) is 29.6 Å². The highest BCUT2D eigenvalue weighted by atomic mass is 19.1. The van der Waals surface area contributed by atoms with E-state index in [1.54, 1.807) is 6.07 Å². The van der Waals surface area contributed by atoms with Crippen LogP contribution in [-0.4, -0.2) is 6.04 Å². The van der Waals surface area contributed by atoms with Crippen molar-refractivity contribution in [2.24, 2.45) is 5.73 Å². The van der Waals surface area contributed by atoms with Gasteiger partial charge in [0.2, 0.25) is 0 Å². The van der Waals surface area contributed by atoms with Gasteiger partial charge in [0.1, 0.15) is 5.82 Å². The van der Waals surface area contributed by atoms with Crippen molar-refractivity contribution >= 4 is 5.69 Å². The van der Waals surface area contributed by atoms with Crippen LogP contribution in [0, 0.1) is 5.82 Å². The van der Waals surface area contributed by atoms with E-state index in [0.717, 1.165) is 5.69 Å². The van der Waals surface area contributed by atoms with Crippen molar-refractivity contribution in [1.29, 1.82) is 0 Å². The first-order valence-corrected chi connectivity index (χ1v) is 4.54. The molecule has 1 aromatic carbocycles. The summed E-state index contributed by atoms with van der Waals surface area (Å²) in [6.45, 7) is 0.259. The summed E-state index contributed by atoms with van der Waals surface area (Å²) >= 11 is 0. The molecule has 1 fully saturated rings. The number of hydrogen-bond acceptors (Lipinski definition) is 2. The fourth-order valence-electron chi connectivity index (χ4n) is 1.27. The monoisotopic (exact) mass is 180 g/mol. The van der Waals surface area contributed by atoms with Gasteiger partial charge in [-0.05, 0) is 25.0 Å². The molecule has 13 heavy (non-hydrogen) atoms. The Balaban J connectivity index is 2.13. The number of nitrogens with one attached hydrogen (secondary N) is 1. The van der Waals surface area contributed by atoms with Crippen LogP contribution in [0.2, 0.25) is 0 Å². The van der Waals surface area contributed by atoms with Crippen molar-refractivity contribution in [3.8, 4) is 0 Å². The Morgan fingerprint density at radius 3 is 2.77 bits per heavy atom. The molecule has 1 saturated carbocycles. The maximum absolute atomic E-state index is 13.2. The molecule has 0 spiro atoms. The smallest absolute Gasteiger partial charge is 0.129 e. The van der Waals surface area contributed by atoms with Gasteiger partial charge in [0.25, 0.3) is 0 Å². The molecular formula is C10H13FN2. The molecule has 2 rings (SSSR count). The average molecular weight is 180 g/mol. The molecule has 3 heteroatoms. The Hall–Kier alpha value is -1.09. The molecule has 1 aliphatic carbocycles. The Kier molecular flexibility index (Phi) is 2.19. The van der Waals surface area contributed by atoms with Gasteiger partial charge >= 0.3 is 0 Å². The molecule has 3 N–H and O–H groups in total. The van der Waals surface area contributed by atoms with Crippen LogP contribution in [0.25, 0.3) is 0 Å². The average Bonchev–Trinajstić information content (AvgIpc) is 2.89. The van der Waals surface area contributed by atoms with E-state index in [4.69, 9.17) is 5.73 Å². The minimum atomic E-state index is -0.215. The molecule has 0 aliphatic heterocycles. The molecule has 0 unspecified atom stereocenters. The lowest BCUT2D eigenvalue weighted by atomic mass is 10.2. The van der Waals surface area contributed by atoms with Crippen LogP contribution in [-0.2, 0) is 6.54 Å². The summed E-state index contributed by atoms with van der Waals surface area (Å²) in [5.41, 5.74) is 6.78. The van der Waals surface area contributed by atoms with Crippen LogP contribution in [0.15, 0.2) is 18.2 Å². The zero-order valence-corrected chi connectivity index (χ0v) is 7.39. The van der Waals surface area contributed by atoms with Crippen molar-refractivity contribution in [2.75, 3.05) is 5.32 Å². The summed E-state index contributed by atoms with van der Waals surface area (Å²) in [6.07, 6.45) is 2.39. The van der Waals surface area contributed by atoms with E-state index in [1.807, 2.05) is 6.07 Å². The molecule has 0 heterocycles. The molecule has 0 aromatic heterocycles. The lowest BCUT2D eigenvalue weighted by molar-refractivity contribution is 0.611. The molecule has 70 valence electrons. The minimum absolute atomic E-state index is 0.215. The summed E-state index contributed by atoms with van der Waals surface area (Å²) in [6, 6.07) is 5.69. The molecule has 2 nitrogen and oxygen atoms in total. The van der Waals surface area contributed by atoms with Crippen molar-refractivity contribution in [2.45, 2.75) is 25.4 Å². The van der Waals surface area contributed by atoms with Crippen LogP contribution in [0.4, 0.5) is 10.1 Å². The zero-order valence-electron chi connectivity index (χ0n) is 7.39. The number of rotatable bonds is 3. The van der Waals surface area contributed by atoms with Gasteiger partial charge in [-0.1, -0.05) is 6.07 Å². The molecule has 1 aromatic rings. The van der Waals surface area contributed by atoms with Crippen molar-refractivity contribution in [3.63, 3.8) is 0 Å². The summed E-state index contributed by atoms with van der Waals surface area (Å²) in [4.78, 5) is 0. The number of hydrogen-bond donors (Lipinski definition) is 2. The Labute approximate surface area is 76.9 Å². The second kappa shape index (κ2) is 3.34. The first kappa shape index (κ1) is 8.51. The van der Waals surface area contributed by atoms with E-state index in [2.05, 4.69) is 5.32 Å². The summed E-state index contributed by atoms with van der Waals surface area (Å²) in [5, 5.41) is 3.23. The van der Waals surface area contributed by atoms with Crippen LogP contribution in [0.1, 0.15) is 18.4 Å². The van der Waals surface area contributed by atoms with Crippen LogP contribution >= 0.6 is 0 Å². The van der Waals surface area contributed by atoms with Gasteiger partial charge in [0.15, 0.2) is 0 Å². The topological polar surface area (TPSA) is 38.0 Å². The van der Waals surface area contributed by atoms with E-state index in [9.17, 15) is 4.39 Å². The van der Waals surface area contributed by atoms with Crippen LogP contribution in [0.3, 0.4) is 0 Å². The second-order valence-corrected chi connectivity index (χ2v) is 3.43. The summed E-state index contributed by atoms with van der Waals surface area (Å²) in [5.74, 6) is -0.215. The van der Waals surface area contributed by atoms with Gasteiger partial charge in [0.05, 0.1) is 0 Å². The third-order valence-electron chi connectivity index (χ3n) is 2.22. The third kappa shape index (κ3) is 1.98. The van der Waals surface area contributed by atoms with Crippen LogP contribution in [0.5, 0.6) is 0 Å². The lowest BCUT2D eigenvalue weighted by Crippen LogP contribution is -2.04. The van der Waals surface area contributed by atoms with Gasteiger partial charge in [0, 0.05) is 23.8 Å². The highest BCUT2D eigenvalue weighted by molar-refractivity contribution is 5.47. The van der Waals surface area contributed by atoms with Gasteiger partial charge in [-0.3, -0.25) is 0 Å². The first-order chi connectivity index (χ1) is 6.29. The van der Waals surface area contributed by atoms with Crippen molar-refractivity contribution < 1.29 is 4.39 Å². The maximum atomic E-state index is 13.2. The highest BCUT2D eigenvalue weighted by Crippen LogP contribution is 2.25. The Morgan fingerprint density at radius 1 is 1.46 bits per heavy atom. The highest BCUT2D eigenvalue weighted by Gasteiger charge is 2.20. The van der Waals surface area contributed by atoms with E-state index < -0.39 is 0 Å². The third-order valence-corrected chi connectivity index (χ3v) is 2.22. The normalized spacial score (nSPS) is 15.8. The lowest BCUT2D eigenvalue weighted by Gasteiger charge is -2.06. The van der Waals surface area contributed by atoms with Crippen LogP contribution < -0.4 is 11.1 Å². The molecule has 0 radical (unpaired) electrons.